The Morgan fingerprint density at radius 2 is 1.76 bits per heavy atom. The molecule has 0 spiro atoms. The van der Waals surface area contributed by atoms with E-state index in [1.54, 1.807) is 0 Å². The van der Waals surface area contributed by atoms with Crippen molar-refractivity contribution in [2.45, 2.75) is 19.3 Å². The lowest BCUT2D eigenvalue weighted by atomic mass is 9.96. The van der Waals surface area contributed by atoms with Gasteiger partial charge >= 0.3 is 0 Å². The van der Waals surface area contributed by atoms with E-state index in [0.717, 1.165) is 12.0 Å². The molecule has 0 aliphatic rings. The summed E-state index contributed by atoms with van der Waals surface area (Å²) in [5.41, 5.74) is 8.59. The molecule has 4 heteroatoms. The number of nitrogens with two attached hydrogens (primary N) is 1. The Bertz CT molecular complexity index is 722. The highest BCUT2D eigenvalue weighted by atomic mass is 16.5. The van der Waals surface area contributed by atoms with Gasteiger partial charge in [-0.3, -0.25) is 0 Å². The molecule has 3 aromatic rings. The van der Waals surface area contributed by atoms with E-state index in [0.29, 0.717) is 17.4 Å². The topological polar surface area (TPSA) is 64.9 Å². The van der Waals surface area contributed by atoms with Gasteiger partial charge in [0.2, 0.25) is 11.7 Å². The van der Waals surface area contributed by atoms with Gasteiger partial charge < -0.3 is 10.3 Å². The molecular weight excluding hydrogens is 262 g/mol. The normalized spacial score (nSPS) is 12.2. The number of anilines is 1. The van der Waals surface area contributed by atoms with E-state index in [9.17, 15) is 0 Å². The Balaban J connectivity index is 1.96. The van der Waals surface area contributed by atoms with Gasteiger partial charge in [-0.15, -0.1) is 0 Å². The molecule has 1 heterocycles. The number of hydrogen-bond acceptors (Lipinski definition) is 4. The minimum atomic E-state index is 0.109. The summed E-state index contributed by atoms with van der Waals surface area (Å²) in [4.78, 5) is 4.53. The molecule has 1 aromatic heterocycles. The first-order valence-electron chi connectivity index (χ1n) is 7.03. The fourth-order valence-corrected chi connectivity index (χ4v) is 2.43. The van der Waals surface area contributed by atoms with Crippen LogP contribution in [0.2, 0.25) is 0 Å². The Morgan fingerprint density at radius 1 is 1.05 bits per heavy atom. The Kier molecular flexibility index (Phi) is 3.69. The molecular formula is C17H17N3O. The average Bonchev–Trinajstić information content (AvgIpc) is 2.99. The fraction of sp³-hybridized carbons (Fsp3) is 0.176. The number of para-hydroxylation sites is 1. The first-order chi connectivity index (χ1) is 10.3. The van der Waals surface area contributed by atoms with Gasteiger partial charge in [-0.2, -0.15) is 4.98 Å². The lowest BCUT2D eigenvalue weighted by molar-refractivity contribution is 0.363. The lowest BCUT2D eigenvalue weighted by Crippen LogP contribution is -2.00. The van der Waals surface area contributed by atoms with E-state index in [1.807, 2.05) is 42.5 Å². The van der Waals surface area contributed by atoms with Gasteiger partial charge in [0.05, 0.1) is 5.92 Å². The number of aromatic nitrogens is 2. The second-order valence-electron chi connectivity index (χ2n) is 4.91. The van der Waals surface area contributed by atoms with Gasteiger partial charge in [-0.25, -0.2) is 0 Å². The van der Waals surface area contributed by atoms with E-state index < -0.39 is 0 Å². The van der Waals surface area contributed by atoms with E-state index >= 15 is 0 Å². The maximum Gasteiger partial charge on any atom is 0.234 e. The van der Waals surface area contributed by atoms with E-state index in [4.69, 9.17) is 10.3 Å². The highest BCUT2D eigenvalue weighted by molar-refractivity contribution is 5.70. The van der Waals surface area contributed by atoms with Crippen molar-refractivity contribution in [3.8, 4) is 11.4 Å². The summed E-state index contributed by atoms with van der Waals surface area (Å²) in [6.07, 6.45) is 0.899. The number of nitrogens with zero attached hydrogens (tertiary/aromatic N) is 2. The van der Waals surface area contributed by atoms with Crippen LogP contribution in [0.4, 0.5) is 5.69 Å². The molecule has 3 rings (SSSR count). The monoisotopic (exact) mass is 279 g/mol. The molecule has 0 radical (unpaired) electrons. The number of nitrogen functional groups attached to an aromatic ring is 1. The Labute approximate surface area is 123 Å². The van der Waals surface area contributed by atoms with Crippen molar-refractivity contribution in [3.05, 3.63) is 66.1 Å². The van der Waals surface area contributed by atoms with Gasteiger partial charge in [0.1, 0.15) is 0 Å². The predicted octanol–water partition coefficient (Wildman–Crippen LogP) is 3.86. The van der Waals surface area contributed by atoms with Crippen LogP contribution in [0.25, 0.3) is 11.4 Å². The van der Waals surface area contributed by atoms with Gasteiger partial charge in [0.25, 0.3) is 0 Å². The SMILES string of the molecule is CCC(c1ccccc1)c1nc(-c2ccccc2N)no1. The van der Waals surface area contributed by atoms with Gasteiger partial charge in [-0.05, 0) is 24.1 Å². The van der Waals surface area contributed by atoms with Gasteiger partial charge in [0.15, 0.2) is 0 Å². The lowest BCUT2D eigenvalue weighted by Gasteiger charge is -2.09. The number of rotatable bonds is 4. The van der Waals surface area contributed by atoms with Crippen molar-refractivity contribution in [2.24, 2.45) is 0 Å². The average molecular weight is 279 g/mol. The van der Waals surface area contributed by atoms with E-state index in [-0.39, 0.29) is 5.92 Å². The molecule has 2 N–H and O–H groups in total. The van der Waals surface area contributed by atoms with Gasteiger partial charge in [0, 0.05) is 11.3 Å². The molecule has 21 heavy (non-hydrogen) atoms. The Morgan fingerprint density at radius 3 is 2.48 bits per heavy atom. The van der Waals surface area contributed by atoms with Crippen LogP contribution in [0.15, 0.2) is 59.1 Å². The first kappa shape index (κ1) is 13.4. The second kappa shape index (κ2) is 5.79. The molecule has 0 fully saturated rings. The van der Waals surface area contributed by atoms with Crippen LogP contribution in [0, 0.1) is 0 Å². The van der Waals surface area contributed by atoms with Crippen LogP contribution in [-0.4, -0.2) is 10.1 Å². The third-order valence-corrected chi connectivity index (χ3v) is 3.55. The summed E-state index contributed by atoms with van der Waals surface area (Å²) < 4.78 is 5.46. The Hall–Kier alpha value is -2.62. The van der Waals surface area contributed by atoms with Crippen LogP contribution in [0.1, 0.15) is 30.7 Å². The minimum absolute atomic E-state index is 0.109. The molecule has 106 valence electrons. The molecule has 0 aliphatic heterocycles. The molecule has 0 amide bonds. The zero-order valence-electron chi connectivity index (χ0n) is 11.9. The van der Waals surface area contributed by atoms with Crippen molar-refractivity contribution >= 4 is 5.69 Å². The van der Waals surface area contributed by atoms with E-state index in [2.05, 4.69) is 29.2 Å². The smallest absolute Gasteiger partial charge is 0.234 e. The van der Waals surface area contributed by atoms with Crippen molar-refractivity contribution in [2.75, 3.05) is 5.73 Å². The highest BCUT2D eigenvalue weighted by Gasteiger charge is 2.20. The molecule has 0 aliphatic carbocycles. The standard InChI is InChI=1S/C17H17N3O/c1-2-13(12-8-4-3-5-9-12)17-19-16(20-21-17)14-10-6-7-11-15(14)18/h3-11,13H,2,18H2,1H3. The number of hydrogen-bond donors (Lipinski definition) is 1. The summed E-state index contributed by atoms with van der Waals surface area (Å²) in [5, 5.41) is 4.08. The molecule has 0 bridgehead atoms. The van der Waals surface area contributed by atoms with Crippen LogP contribution in [-0.2, 0) is 0 Å². The summed E-state index contributed by atoms with van der Waals surface area (Å²) in [6.45, 7) is 2.11. The van der Waals surface area contributed by atoms with Crippen LogP contribution < -0.4 is 5.73 Å². The van der Waals surface area contributed by atoms with Crippen LogP contribution >= 0.6 is 0 Å². The zero-order valence-corrected chi connectivity index (χ0v) is 11.9. The van der Waals surface area contributed by atoms with Crippen molar-refractivity contribution < 1.29 is 4.52 Å². The summed E-state index contributed by atoms with van der Waals surface area (Å²) in [6, 6.07) is 17.7. The molecule has 1 atom stereocenters. The molecule has 4 nitrogen and oxygen atoms in total. The predicted molar refractivity (Wildman–Crippen MR) is 82.7 cm³/mol. The zero-order chi connectivity index (χ0) is 14.7. The van der Waals surface area contributed by atoms with E-state index in [1.165, 1.54) is 5.56 Å². The molecule has 2 aromatic carbocycles. The summed E-state index contributed by atoms with van der Waals surface area (Å²) in [7, 11) is 0. The highest BCUT2D eigenvalue weighted by Crippen LogP contribution is 2.29. The fourth-order valence-electron chi connectivity index (χ4n) is 2.43. The van der Waals surface area contributed by atoms with Gasteiger partial charge in [-0.1, -0.05) is 54.5 Å². The first-order valence-corrected chi connectivity index (χ1v) is 7.03. The summed E-state index contributed by atoms with van der Waals surface area (Å²) >= 11 is 0. The van der Waals surface area contributed by atoms with Crippen LogP contribution in [0.5, 0.6) is 0 Å². The van der Waals surface area contributed by atoms with Crippen molar-refractivity contribution in [1.29, 1.82) is 0 Å². The molecule has 0 saturated heterocycles. The molecule has 0 saturated carbocycles. The quantitative estimate of drug-likeness (QED) is 0.736. The second-order valence-corrected chi connectivity index (χ2v) is 4.91. The summed E-state index contributed by atoms with van der Waals surface area (Å²) in [5.74, 6) is 1.27. The largest absolute Gasteiger partial charge is 0.398 e. The molecule has 1 unspecified atom stereocenters. The maximum absolute atomic E-state index is 5.96. The maximum atomic E-state index is 5.96. The number of benzene rings is 2. The third kappa shape index (κ3) is 2.65. The van der Waals surface area contributed by atoms with Crippen molar-refractivity contribution in [1.82, 2.24) is 10.1 Å². The third-order valence-electron chi connectivity index (χ3n) is 3.55. The minimum Gasteiger partial charge on any atom is -0.398 e. The van der Waals surface area contributed by atoms with Crippen LogP contribution in [0.3, 0.4) is 0 Å². The van der Waals surface area contributed by atoms with Crippen molar-refractivity contribution in [3.63, 3.8) is 0 Å².